The molecule has 0 atom stereocenters. The van der Waals surface area contributed by atoms with Crippen molar-refractivity contribution in [1.82, 2.24) is 14.3 Å². The topological polar surface area (TPSA) is 49.6 Å². The standard InChI is InChI=1S/C20H21FN4O.C2H6/c1-3-24(4-2)10-9-22-15-6-7-16-19-18(15)20(26)14-11-13(21)5-8-17(14)25(19)12-23-16;1-2/h5-8,11-12,22H,3-4,9-10H2,1-2H3;1-2H3. The first-order valence-electron chi connectivity index (χ1n) is 9.95. The van der Waals surface area contributed by atoms with E-state index >= 15 is 0 Å². The van der Waals surface area contributed by atoms with E-state index in [2.05, 4.69) is 29.0 Å². The van der Waals surface area contributed by atoms with E-state index in [0.717, 1.165) is 42.9 Å². The zero-order valence-corrected chi connectivity index (χ0v) is 16.9. The second-order valence-electron chi connectivity index (χ2n) is 6.41. The maximum Gasteiger partial charge on any atom is 0.199 e. The summed E-state index contributed by atoms with van der Waals surface area (Å²) >= 11 is 0. The summed E-state index contributed by atoms with van der Waals surface area (Å²) < 4.78 is 15.6. The van der Waals surface area contributed by atoms with E-state index in [1.165, 1.54) is 12.1 Å². The molecule has 0 amide bonds. The van der Waals surface area contributed by atoms with Crippen LogP contribution in [0.15, 0.2) is 41.5 Å². The molecule has 4 rings (SSSR count). The summed E-state index contributed by atoms with van der Waals surface area (Å²) in [5.74, 6) is -0.413. The molecule has 0 fully saturated rings. The van der Waals surface area contributed by atoms with Crippen LogP contribution in [-0.2, 0) is 0 Å². The molecule has 5 nitrogen and oxygen atoms in total. The third-order valence-electron chi connectivity index (χ3n) is 5.04. The fraction of sp³-hybridized carbons (Fsp3) is 0.364. The minimum absolute atomic E-state index is 0.163. The highest BCUT2D eigenvalue weighted by atomic mass is 19.1. The first-order valence-corrected chi connectivity index (χ1v) is 9.95. The molecule has 148 valence electrons. The molecule has 0 aliphatic heterocycles. The number of benzene rings is 2. The first kappa shape index (κ1) is 20.0. The highest BCUT2D eigenvalue weighted by Gasteiger charge is 2.16. The summed E-state index contributed by atoms with van der Waals surface area (Å²) in [5, 5.41) is 4.32. The predicted molar refractivity (Wildman–Crippen MR) is 115 cm³/mol. The number of nitrogens with zero attached hydrogens (tertiary/aromatic N) is 3. The van der Waals surface area contributed by atoms with E-state index in [-0.39, 0.29) is 5.43 Å². The number of halogens is 1. The zero-order chi connectivity index (χ0) is 20.3. The van der Waals surface area contributed by atoms with Crippen LogP contribution < -0.4 is 10.7 Å². The van der Waals surface area contributed by atoms with Crippen molar-refractivity contribution in [3.63, 3.8) is 0 Å². The van der Waals surface area contributed by atoms with E-state index < -0.39 is 5.82 Å². The van der Waals surface area contributed by atoms with Crippen LogP contribution >= 0.6 is 0 Å². The molecule has 1 N–H and O–H groups in total. The summed E-state index contributed by atoms with van der Waals surface area (Å²) in [5.41, 5.74) is 2.82. The van der Waals surface area contributed by atoms with Gasteiger partial charge in [0.1, 0.15) is 12.1 Å². The molecule has 2 aromatic heterocycles. The summed E-state index contributed by atoms with van der Waals surface area (Å²) in [7, 11) is 0. The van der Waals surface area contributed by atoms with Gasteiger partial charge >= 0.3 is 0 Å². The normalized spacial score (nSPS) is 11.4. The quantitative estimate of drug-likeness (QED) is 0.504. The Morgan fingerprint density at radius 3 is 2.61 bits per heavy atom. The van der Waals surface area contributed by atoms with Gasteiger partial charge in [0.25, 0.3) is 0 Å². The minimum Gasteiger partial charge on any atom is -0.383 e. The number of pyridine rings is 1. The largest absolute Gasteiger partial charge is 0.383 e. The molecular weight excluding hydrogens is 355 g/mol. The summed E-state index contributed by atoms with van der Waals surface area (Å²) in [6.45, 7) is 11.9. The molecule has 28 heavy (non-hydrogen) atoms. The molecule has 0 unspecified atom stereocenters. The predicted octanol–water partition coefficient (Wildman–Crippen LogP) is 4.36. The molecule has 0 saturated carbocycles. The van der Waals surface area contributed by atoms with Gasteiger partial charge in [-0.2, -0.15) is 0 Å². The van der Waals surface area contributed by atoms with Gasteiger partial charge in [-0.1, -0.05) is 27.7 Å². The van der Waals surface area contributed by atoms with Gasteiger partial charge in [-0.05, 0) is 43.4 Å². The Bertz CT molecular complexity index is 1130. The van der Waals surface area contributed by atoms with Gasteiger partial charge in [-0.15, -0.1) is 0 Å². The highest BCUT2D eigenvalue weighted by molar-refractivity contribution is 6.06. The van der Waals surface area contributed by atoms with Crippen LogP contribution in [0, 0.1) is 5.82 Å². The van der Waals surface area contributed by atoms with Gasteiger partial charge in [-0.3, -0.25) is 9.20 Å². The van der Waals surface area contributed by atoms with Gasteiger partial charge in [-0.25, -0.2) is 9.37 Å². The van der Waals surface area contributed by atoms with Crippen LogP contribution in [0.1, 0.15) is 27.7 Å². The van der Waals surface area contributed by atoms with Gasteiger partial charge < -0.3 is 10.2 Å². The van der Waals surface area contributed by atoms with Crippen molar-refractivity contribution in [2.45, 2.75) is 27.7 Å². The van der Waals surface area contributed by atoms with Crippen molar-refractivity contribution in [2.75, 3.05) is 31.5 Å². The van der Waals surface area contributed by atoms with E-state index in [9.17, 15) is 9.18 Å². The maximum absolute atomic E-state index is 13.7. The highest BCUT2D eigenvalue weighted by Crippen LogP contribution is 2.28. The lowest BCUT2D eigenvalue weighted by molar-refractivity contribution is 0.316. The van der Waals surface area contributed by atoms with Crippen LogP contribution in [0.4, 0.5) is 10.1 Å². The van der Waals surface area contributed by atoms with Gasteiger partial charge in [0.2, 0.25) is 0 Å². The Kier molecular flexibility index (Phi) is 6.09. The zero-order valence-electron chi connectivity index (χ0n) is 16.9. The van der Waals surface area contributed by atoms with Crippen molar-refractivity contribution in [3.05, 3.63) is 52.7 Å². The Labute approximate surface area is 164 Å². The Hall–Kier alpha value is -2.73. The number of hydrogen-bond acceptors (Lipinski definition) is 4. The molecular formula is C22H27FN4O. The summed E-state index contributed by atoms with van der Waals surface area (Å²) in [6.07, 6.45) is 1.69. The van der Waals surface area contributed by atoms with Crippen molar-refractivity contribution in [1.29, 1.82) is 0 Å². The van der Waals surface area contributed by atoms with Crippen LogP contribution in [0.5, 0.6) is 0 Å². The number of aromatic nitrogens is 2. The molecule has 0 saturated heterocycles. The average molecular weight is 382 g/mol. The molecule has 0 aliphatic carbocycles. The number of imidazole rings is 1. The molecule has 0 aliphatic rings. The van der Waals surface area contributed by atoms with E-state index in [4.69, 9.17) is 0 Å². The van der Waals surface area contributed by atoms with Crippen LogP contribution in [0.3, 0.4) is 0 Å². The lowest BCUT2D eigenvalue weighted by atomic mass is 10.1. The van der Waals surface area contributed by atoms with Crippen molar-refractivity contribution in [2.24, 2.45) is 0 Å². The molecule has 2 heterocycles. The Morgan fingerprint density at radius 2 is 1.89 bits per heavy atom. The average Bonchev–Trinajstić information content (AvgIpc) is 3.16. The fourth-order valence-corrected chi connectivity index (χ4v) is 3.59. The molecule has 0 radical (unpaired) electrons. The van der Waals surface area contributed by atoms with Crippen molar-refractivity contribution >= 4 is 33.0 Å². The third kappa shape index (κ3) is 3.40. The third-order valence-corrected chi connectivity index (χ3v) is 5.04. The Morgan fingerprint density at radius 1 is 1.14 bits per heavy atom. The fourth-order valence-electron chi connectivity index (χ4n) is 3.59. The van der Waals surface area contributed by atoms with Gasteiger partial charge in [0, 0.05) is 24.2 Å². The lowest BCUT2D eigenvalue weighted by Gasteiger charge is -2.19. The summed E-state index contributed by atoms with van der Waals surface area (Å²) in [4.78, 5) is 19.8. The van der Waals surface area contributed by atoms with Gasteiger partial charge in [0.05, 0.1) is 21.9 Å². The van der Waals surface area contributed by atoms with E-state index in [0.29, 0.717) is 16.3 Å². The first-order chi connectivity index (χ1) is 13.6. The van der Waals surface area contributed by atoms with Crippen molar-refractivity contribution < 1.29 is 4.39 Å². The molecule has 6 heteroatoms. The number of likely N-dealkylation sites (N-methyl/N-ethyl adjacent to an activating group) is 1. The van der Waals surface area contributed by atoms with E-state index in [1.807, 2.05) is 30.4 Å². The van der Waals surface area contributed by atoms with Crippen LogP contribution in [0.2, 0.25) is 0 Å². The van der Waals surface area contributed by atoms with Crippen LogP contribution in [-0.4, -0.2) is 40.5 Å². The number of rotatable bonds is 6. The number of nitrogens with one attached hydrogen (secondary N) is 1. The van der Waals surface area contributed by atoms with Gasteiger partial charge in [0.15, 0.2) is 5.43 Å². The second kappa shape index (κ2) is 8.52. The molecule has 0 bridgehead atoms. The second-order valence-corrected chi connectivity index (χ2v) is 6.41. The number of hydrogen-bond donors (Lipinski definition) is 1. The van der Waals surface area contributed by atoms with Crippen LogP contribution in [0.25, 0.3) is 27.3 Å². The van der Waals surface area contributed by atoms with E-state index in [1.54, 1.807) is 12.4 Å². The smallest absolute Gasteiger partial charge is 0.199 e. The Balaban J connectivity index is 0.00000109. The molecule has 2 aromatic carbocycles. The SMILES string of the molecule is CC.CCN(CC)CCNc1ccc2ncn3c4ccc(F)cc4c(=O)c1c23. The lowest BCUT2D eigenvalue weighted by Crippen LogP contribution is -2.28. The molecule has 4 aromatic rings. The maximum atomic E-state index is 13.7. The number of fused-ring (bicyclic) bond motifs is 2. The minimum atomic E-state index is -0.413. The summed E-state index contributed by atoms with van der Waals surface area (Å²) in [6, 6.07) is 8.11. The number of anilines is 1. The van der Waals surface area contributed by atoms with Crippen molar-refractivity contribution in [3.8, 4) is 0 Å². The molecule has 0 spiro atoms. The monoisotopic (exact) mass is 382 g/mol.